The minimum absolute atomic E-state index is 0.146. The van der Waals surface area contributed by atoms with Crippen LogP contribution in [0.3, 0.4) is 0 Å². The third kappa shape index (κ3) is 2.62. The van der Waals surface area contributed by atoms with Gasteiger partial charge in [-0.2, -0.15) is 0 Å². The predicted octanol–water partition coefficient (Wildman–Crippen LogP) is 4.01. The number of allylic oxidation sites excluding steroid dienone is 1. The molecule has 0 aliphatic heterocycles. The first-order valence-electron chi connectivity index (χ1n) is 7.31. The summed E-state index contributed by atoms with van der Waals surface area (Å²) in [5.41, 5.74) is 3.55. The zero-order valence-corrected chi connectivity index (χ0v) is 12.2. The standard InChI is InChI=1S/C19H13N3O/c23-18(19-21-16-5-1-2-6-17(16)22-19)10-8-13-7-9-15-14(12-13)4-3-11-20-15/h1-12H,(H,21,22)/b10-8+. The normalized spacial score (nSPS) is 11.5. The maximum Gasteiger partial charge on any atom is 0.221 e. The van der Waals surface area contributed by atoms with Gasteiger partial charge in [0, 0.05) is 11.6 Å². The molecule has 0 saturated heterocycles. The van der Waals surface area contributed by atoms with E-state index in [0.29, 0.717) is 5.82 Å². The van der Waals surface area contributed by atoms with Crippen LogP contribution in [0.15, 0.2) is 66.9 Å². The third-order valence-corrected chi connectivity index (χ3v) is 3.68. The molecule has 0 radical (unpaired) electrons. The number of pyridine rings is 1. The number of carbonyl (C=O) groups is 1. The van der Waals surface area contributed by atoms with Crippen molar-refractivity contribution in [3.05, 3.63) is 78.3 Å². The van der Waals surface area contributed by atoms with Crippen LogP contribution in [-0.2, 0) is 0 Å². The van der Waals surface area contributed by atoms with Gasteiger partial charge in [-0.3, -0.25) is 9.78 Å². The van der Waals surface area contributed by atoms with Gasteiger partial charge in [-0.1, -0.05) is 30.3 Å². The lowest BCUT2D eigenvalue weighted by molar-refractivity contribution is 0.103. The Kier molecular flexibility index (Phi) is 3.20. The Balaban J connectivity index is 1.62. The molecule has 0 bridgehead atoms. The number of nitrogens with one attached hydrogen (secondary N) is 1. The van der Waals surface area contributed by atoms with E-state index in [2.05, 4.69) is 15.0 Å². The van der Waals surface area contributed by atoms with Gasteiger partial charge in [-0.05, 0) is 42.0 Å². The van der Waals surface area contributed by atoms with Crippen LogP contribution in [0.4, 0.5) is 0 Å². The molecule has 0 spiro atoms. The number of aromatic amines is 1. The van der Waals surface area contributed by atoms with Gasteiger partial charge in [-0.15, -0.1) is 0 Å². The minimum Gasteiger partial charge on any atom is -0.335 e. The van der Waals surface area contributed by atoms with Crippen LogP contribution in [-0.4, -0.2) is 20.7 Å². The first-order valence-corrected chi connectivity index (χ1v) is 7.31. The number of hydrogen-bond acceptors (Lipinski definition) is 3. The Labute approximate surface area is 132 Å². The molecule has 4 heteroatoms. The van der Waals surface area contributed by atoms with E-state index in [1.54, 1.807) is 12.3 Å². The molecule has 0 unspecified atom stereocenters. The maximum atomic E-state index is 12.3. The summed E-state index contributed by atoms with van der Waals surface area (Å²) >= 11 is 0. The Morgan fingerprint density at radius 2 is 1.91 bits per heavy atom. The Morgan fingerprint density at radius 1 is 1.00 bits per heavy atom. The summed E-state index contributed by atoms with van der Waals surface area (Å²) in [5.74, 6) is 0.206. The van der Waals surface area contributed by atoms with Crippen molar-refractivity contribution in [3.63, 3.8) is 0 Å². The molecular formula is C19H13N3O. The van der Waals surface area contributed by atoms with E-state index in [0.717, 1.165) is 27.5 Å². The van der Waals surface area contributed by atoms with E-state index < -0.39 is 0 Å². The van der Waals surface area contributed by atoms with Crippen LogP contribution in [0, 0.1) is 0 Å². The van der Waals surface area contributed by atoms with E-state index in [1.807, 2.05) is 54.6 Å². The predicted molar refractivity (Wildman–Crippen MR) is 91.2 cm³/mol. The zero-order chi connectivity index (χ0) is 15.6. The zero-order valence-electron chi connectivity index (χ0n) is 12.2. The minimum atomic E-state index is -0.146. The highest BCUT2D eigenvalue weighted by Gasteiger charge is 2.07. The van der Waals surface area contributed by atoms with Crippen LogP contribution in [0.1, 0.15) is 16.2 Å². The van der Waals surface area contributed by atoms with E-state index in [1.165, 1.54) is 6.08 Å². The molecule has 110 valence electrons. The number of hydrogen-bond donors (Lipinski definition) is 1. The lowest BCUT2D eigenvalue weighted by Crippen LogP contribution is -1.96. The van der Waals surface area contributed by atoms with Crippen molar-refractivity contribution in [1.29, 1.82) is 0 Å². The van der Waals surface area contributed by atoms with E-state index in [4.69, 9.17) is 0 Å². The summed E-state index contributed by atoms with van der Waals surface area (Å²) in [6, 6.07) is 17.4. The number of nitrogens with zero attached hydrogens (tertiary/aromatic N) is 2. The molecule has 0 amide bonds. The molecule has 4 rings (SSSR count). The van der Waals surface area contributed by atoms with E-state index in [9.17, 15) is 4.79 Å². The number of para-hydroxylation sites is 2. The van der Waals surface area contributed by atoms with Gasteiger partial charge in [0.1, 0.15) is 0 Å². The number of fused-ring (bicyclic) bond motifs is 2. The largest absolute Gasteiger partial charge is 0.335 e. The second kappa shape index (κ2) is 5.50. The number of carbonyl (C=O) groups excluding carboxylic acids is 1. The number of benzene rings is 2. The van der Waals surface area contributed by atoms with Crippen LogP contribution < -0.4 is 0 Å². The number of aromatic nitrogens is 3. The monoisotopic (exact) mass is 299 g/mol. The summed E-state index contributed by atoms with van der Waals surface area (Å²) in [4.78, 5) is 23.9. The highest BCUT2D eigenvalue weighted by atomic mass is 16.1. The van der Waals surface area contributed by atoms with Crippen LogP contribution in [0.5, 0.6) is 0 Å². The first kappa shape index (κ1) is 13.4. The van der Waals surface area contributed by atoms with Crippen molar-refractivity contribution in [2.24, 2.45) is 0 Å². The SMILES string of the molecule is O=C(/C=C/c1ccc2ncccc2c1)c1nc2ccccc2[nH]1. The van der Waals surface area contributed by atoms with Gasteiger partial charge >= 0.3 is 0 Å². The molecule has 0 aliphatic rings. The molecule has 2 aromatic heterocycles. The fourth-order valence-corrected chi connectivity index (χ4v) is 2.52. The number of H-pyrrole nitrogens is 1. The molecule has 0 fully saturated rings. The van der Waals surface area contributed by atoms with Gasteiger partial charge in [0.05, 0.1) is 16.6 Å². The number of ketones is 1. The fraction of sp³-hybridized carbons (Fsp3) is 0. The summed E-state index contributed by atoms with van der Waals surface area (Å²) in [5, 5.41) is 1.05. The molecule has 23 heavy (non-hydrogen) atoms. The smallest absolute Gasteiger partial charge is 0.221 e. The highest BCUT2D eigenvalue weighted by molar-refractivity contribution is 6.06. The molecule has 0 atom stereocenters. The molecule has 0 aliphatic carbocycles. The molecule has 2 heterocycles. The first-order chi connectivity index (χ1) is 11.3. The second-order valence-corrected chi connectivity index (χ2v) is 5.26. The van der Waals surface area contributed by atoms with Crippen LogP contribution in [0.25, 0.3) is 28.0 Å². The van der Waals surface area contributed by atoms with Gasteiger partial charge in [-0.25, -0.2) is 4.98 Å². The lowest BCUT2D eigenvalue weighted by atomic mass is 10.1. The Bertz CT molecular complexity index is 1010. The molecular weight excluding hydrogens is 286 g/mol. The summed E-state index contributed by atoms with van der Waals surface area (Å²) in [6.45, 7) is 0. The van der Waals surface area contributed by atoms with Gasteiger partial charge in [0.15, 0.2) is 5.82 Å². The third-order valence-electron chi connectivity index (χ3n) is 3.68. The van der Waals surface area contributed by atoms with E-state index in [-0.39, 0.29) is 5.78 Å². The topological polar surface area (TPSA) is 58.6 Å². The van der Waals surface area contributed by atoms with E-state index >= 15 is 0 Å². The summed E-state index contributed by atoms with van der Waals surface area (Å²) < 4.78 is 0. The quantitative estimate of drug-likeness (QED) is 0.459. The van der Waals surface area contributed by atoms with Crippen molar-refractivity contribution < 1.29 is 4.79 Å². The van der Waals surface area contributed by atoms with Crippen molar-refractivity contribution >= 4 is 33.8 Å². The van der Waals surface area contributed by atoms with Gasteiger partial charge < -0.3 is 4.98 Å². The summed E-state index contributed by atoms with van der Waals surface area (Å²) in [7, 11) is 0. The molecule has 4 aromatic rings. The molecule has 4 nitrogen and oxygen atoms in total. The van der Waals surface area contributed by atoms with Crippen LogP contribution in [0.2, 0.25) is 0 Å². The molecule has 1 N–H and O–H groups in total. The Hall–Kier alpha value is -3.27. The van der Waals surface area contributed by atoms with Crippen molar-refractivity contribution in [2.75, 3.05) is 0 Å². The lowest BCUT2D eigenvalue weighted by Gasteiger charge is -1.98. The average Bonchev–Trinajstić information content (AvgIpc) is 3.04. The maximum absolute atomic E-state index is 12.3. The number of imidazole rings is 1. The highest BCUT2D eigenvalue weighted by Crippen LogP contribution is 2.15. The van der Waals surface area contributed by atoms with Crippen molar-refractivity contribution in [2.45, 2.75) is 0 Å². The number of rotatable bonds is 3. The van der Waals surface area contributed by atoms with Crippen LogP contribution >= 0.6 is 0 Å². The van der Waals surface area contributed by atoms with Crippen molar-refractivity contribution in [1.82, 2.24) is 15.0 Å². The fourth-order valence-electron chi connectivity index (χ4n) is 2.52. The second-order valence-electron chi connectivity index (χ2n) is 5.26. The van der Waals surface area contributed by atoms with Crippen molar-refractivity contribution in [3.8, 4) is 0 Å². The average molecular weight is 299 g/mol. The molecule has 0 saturated carbocycles. The van der Waals surface area contributed by atoms with Gasteiger partial charge in [0.25, 0.3) is 0 Å². The Morgan fingerprint density at radius 3 is 2.83 bits per heavy atom. The van der Waals surface area contributed by atoms with Gasteiger partial charge in [0.2, 0.25) is 5.78 Å². The molecule has 2 aromatic carbocycles. The summed E-state index contributed by atoms with van der Waals surface area (Å²) in [6.07, 6.45) is 5.10.